The van der Waals surface area contributed by atoms with Crippen molar-refractivity contribution < 1.29 is 13.2 Å². The molecule has 0 bridgehead atoms. The highest BCUT2D eigenvalue weighted by Crippen LogP contribution is 2.34. The van der Waals surface area contributed by atoms with Gasteiger partial charge in [0.05, 0.1) is 20.1 Å². The molecule has 0 aliphatic carbocycles. The van der Waals surface area contributed by atoms with E-state index < -0.39 is 10.0 Å². The molecule has 0 spiro atoms. The molecule has 1 heterocycles. The van der Waals surface area contributed by atoms with E-state index in [9.17, 15) is 13.2 Å². The lowest BCUT2D eigenvalue weighted by molar-refractivity contribution is 0.102. The molecule has 154 valence electrons. The summed E-state index contributed by atoms with van der Waals surface area (Å²) < 4.78 is 27.3. The molecule has 0 saturated carbocycles. The van der Waals surface area contributed by atoms with Gasteiger partial charge in [-0.2, -0.15) is 0 Å². The number of carbonyl (C=O) groups excluding carboxylic acids is 1. The van der Waals surface area contributed by atoms with Gasteiger partial charge in [-0.15, -0.1) is 0 Å². The second-order valence-corrected chi connectivity index (χ2v) is 10.2. The van der Waals surface area contributed by atoms with Gasteiger partial charge in [0.1, 0.15) is 0 Å². The van der Waals surface area contributed by atoms with Crippen LogP contribution in [0.15, 0.2) is 41.3 Å². The first-order valence-electron chi connectivity index (χ1n) is 9.17. The highest BCUT2D eigenvalue weighted by molar-refractivity contribution is 7.89. The van der Waals surface area contributed by atoms with Gasteiger partial charge in [-0.1, -0.05) is 42.3 Å². The van der Waals surface area contributed by atoms with Crippen LogP contribution in [0.2, 0.25) is 5.02 Å². The van der Waals surface area contributed by atoms with E-state index in [1.54, 1.807) is 13.1 Å². The number of aryl methyl sites for hydroxylation is 1. The van der Waals surface area contributed by atoms with Crippen molar-refractivity contribution in [3.8, 4) is 0 Å². The molecular formula is C20H22ClN3O3S2. The van der Waals surface area contributed by atoms with Gasteiger partial charge in [0, 0.05) is 19.2 Å². The van der Waals surface area contributed by atoms with Gasteiger partial charge in [-0.3, -0.25) is 10.1 Å². The summed E-state index contributed by atoms with van der Waals surface area (Å²) in [5, 5.41) is 3.79. The number of carbonyl (C=O) groups is 1. The molecule has 0 unspecified atom stereocenters. The summed E-state index contributed by atoms with van der Waals surface area (Å²) in [5.41, 5.74) is 2.08. The number of amides is 1. The van der Waals surface area contributed by atoms with Crippen molar-refractivity contribution in [3.05, 3.63) is 52.5 Å². The maximum atomic E-state index is 12.6. The minimum Gasteiger partial charge on any atom is -0.298 e. The maximum Gasteiger partial charge on any atom is 0.257 e. The predicted molar refractivity (Wildman–Crippen MR) is 118 cm³/mol. The summed E-state index contributed by atoms with van der Waals surface area (Å²) in [5.74, 6) is -0.360. The topological polar surface area (TPSA) is 79.4 Å². The number of unbranched alkanes of at least 4 members (excludes halogenated alkanes) is 1. The molecule has 1 N–H and O–H groups in total. The van der Waals surface area contributed by atoms with Gasteiger partial charge >= 0.3 is 0 Å². The summed E-state index contributed by atoms with van der Waals surface area (Å²) in [6, 6.07) is 9.59. The SMILES string of the molecule is CCCCN(C)S(=O)(=O)c1ccc(C(=O)Nc2nc3c(C)ccc(Cl)c3s2)cc1. The standard InChI is InChI=1S/C20H22ClN3O3S2/c1-4-5-12-24(3)29(26,27)15-9-7-14(8-10-15)19(25)23-20-22-17-13(2)6-11-16(21)18(17)28-20/h6-11H,4-5,12H2,1-3H3,(H,22,23,25). The average molecular weight is 452 g/mol. The van der Waals surface area contributed by atoms with Crippen molar-refractivity contribution in [2.45, 2.75) is 31.6 Å². The minimum atomic E-state index is -3.56. The number of anilines is 1. The molecule has 3 rings (SSSR count). The van der Waals surface area contributed by atoms with E-state index in [-0.39, 0.29) is 10.8 Å². The number of hydrogen-bond acceptors (Lipinski definition) is 5. The predicted octanol–water partition coefficient (Wildman–Crippen LogP) is 4.93. The third kappa shape index (κ3) is 4.61. The Balaban J connectivity index is 1.77. The van der Waals surface area contributed by atoms with Gasteiger partial charge in [-0.25, -0.2) is 17.7 Å². The monoisotopic (exact) mass is 451 g/mol. The van der Waals surface area contributed by atoms with E-state index in [0.717, 1.165) is 28.6 Å². The zero-order valence-corrected chi connectivity index (χ0v) is 18.8. The fourth-order valence-corrected chi connectivity index (χ4v) is 5.20. The number of benzene rings is 2. The zero-order chi connectivity index (χ0) is 21.2. The molecule has 2 aromatic carbocycles. The van der Waals surface area contributed by atoms with Crippen molar-refractivity contribution in [1.82, 2.24) is 9.29 Å². The molecule has 0 aliphatic rings. The lowest BCUT2D eigenvalue weighted by atomic mass is 10.2. The van der Waals surface area contributed by atoms with Crippen molar-refractivity contribution >= 4 is 54.2 Å². The number of rotatable bonds is 7. The van der Waals surface area contributed by atoms with Crippen LogP contribution >= 0.6 is 22.9 Å². The quantitative estimate of drug-likeness (QED) is 0.552. The van der Waals surface area contributed by atoms with Crippen LogP contribution in [0, 0.1) is 6.92 Å². The normalized spacial score (nSPS) is 11.9. The highest BCUT2D eigenvalue weighted by atomic mass is 35.5. The Morgan fingerprint density at radius 1 is 1.21 bits per heavy atom. The van der Waals surface area contributed by atoms with E-state index in [1.807, 2.05) is 19.9 Å². The minimum absolute atomic E-state index is 0.162. The summed E-state index contributed by atoms with van der Waals surface area (Å²) >= 11 is 7.51. The lowest BCUT2D eigenvalue weighted by Crippen LogP contribution is -2.28. The van der Waals surface area contributed by atoms with E-state index in [2.05, 4.69) is 10.3 Å². The van der Waals surface area contributed by atoms with Crippen LogP contribution in [-0.4, -0.2) is 37.2 Å². The number of nitrogens with one attached hydrogen (secondary N) is 1. The zero-order valence-electron chi connectivity index (χ0n) is 16.4. The first-order chi connectivity index (χ1) is 13.7. The second-order valence-electron chi connectivity index (χ2n) is 6.72. The van der Waals surface area contributed by atoms with Crippen LogP contribution in [0.1, 0.15) is 35.7 Å². The third-order valence-electron chi connectivity index (χ3n) is 4.57. The highest BCUT2D eigenvalue weighted by Gasteiger charge is 2.21. The van der Waals surface area contributed by atoms with Crippen LogP contribution < -0.4 is 5.32 Å². The van der Waals surface area contributed by atoms with Gasteiger partial charge in [0.15, 0.2) is 5.13 Å². The fraction of sp³-hybridized carbons (Fsp3) is 0.300. The number of sulfonamides is 1. The van der Waals surface area contributed by atoms with Gasteiger partial charge < -0.3 is 0 Å². The molecule has 9 heteroatoms. The molecule has 1 aromatic heterocycles. The summed E-state index contributed by atoms with van der Waals surface area (Å²) in [7, 11) is -2.00. The van der Waals surface area contributed by atoms with E-state index >= 15 is 0 Å². The molecule has 0 atom stereocenters. The molecule has 0 radical (unpaired) electrons. The fourth-order valence-electron chi connectivity index (χ4n) is 2.78. The largest absolute Gasteiger partial charge is 0.298 e. The van der Waals surface area contributed by atoms with Crippen LogP contribution in [0.4, 0.5) is 5.13 Å². The Bertz CT molecular complexity index is 1100. The Labute approximate surface area is 179 Å². The summed E-state index contributed by atoms with van der Waals surface area (Å²) in [6.45, 7) is 4.40. The van der Waals surface area contributed by atoms with Gasteiger partial charge in [0.2, 0.25) is 10.0 Å². The van der Waals surface area contributed by atoms with Crippen molar-refractivity contribution in [1.29, 1.82) is 0 Å². The van der Waals surface area contributed by atoms with Crippen molar-refractivity contribution in [3.63, 3.8) is 0 Å². The van der Waals surface area contributed by atoms with E-state index in [4.69, 9.17) is 11.6 Å². The van der Waals surface area contributed by atoms with Gasteiger partial charge in [0.25, 0.3) is 5.91 Å². The smallest absolute Gasteiger partial charge is 0.257 e. The van der Waals surface area contributed by atoms with Crippen molar-refractivity contribution in [2.75, 3.05) is 18.9 Å². The van der Waals surface area contributed by atoms with Crippen LogP contribution in [0.5, 0.6) is 0 Å². The molecule has 3 aromatic rings. The van der Waals surface area contributed by atoms with Crippen LogP contribution in [0.25, 0.3) is 10.2 Å². The van der Waals surface area contributed by atoms with Crippen LogP contribution in [-0.2, 0) is 10.0 Å². The molecular weight excluding hydrogens is 430 g/mol. The third-order valence-corrected chi connectivity index (χ3v) is 7.87. The lowest BCUT2D eigenvalue weighted by Gasteiger charge is -2.16. The molecule has 1 amide bonds. The number of thiazole rings is 1. The van der Waals surface area contributed by atoms with Crippen molar-refractivity contribution in [2.24, 2.45) is 0 Å². The number of halogens is 1. The average Bonchev–Trinajstić information content (AvgIpc) is 3.14. The van der Waals surface area contributed by atoms with Crippen LogP contribution in [0.3, 0.4) is 0 Å². The Morgan fingerprint density at radius 2 is 1.90 bits per heavy atom. The Morgan fingerprint density at radius 3 is 2.52 bits per heavy atom. The number of aromatic nitrogens is 1. The summed E-state index contributed by atoms with van der Waals surface area (Å²) in [6.07, 6.45) is 1.71. The van der Waals surface area contributed by atoms with Gasteiger partial charge in [-0.05, 0) is 49.2 Å². The summed E-state index contributed by atoms with van der Waals surface area (Å²) in [4.78, 5) is 17.2. The first-order valence-corrected chi connectivity index (χ1v) is 11.8. The second kappa shape index (κ2) is 8.79. The Hall–Kier alpha value is -2.00. The molecule has 0 saturated heterocycles. The maximum absolute atomic E-state index is 12.6. The first kappa shape index (κ1) is 21.7. The number of hydrogen-bond donors (Lipinski definition) is 1. The Kier molecular flexibility index (Phi) is 6.58. The molecule has 0 aliphatic heterocycles. The molecule has 29 heavy (non-hydrogen) atoms. The number of nitrogens with zero attached hydrogens (tertiary/aromatic N) is 2. The van der Waals surface area contributed by atoms with E-state index in [1.165, 1.54) is 39.9 Å². The van der Waals surface area contributed by atoms with E-state index in [0.29, 0.717) is 22.3 Å². The molecule has 6 nitrogen and oxygen atoms in total. The molecule has 0 fully saturated rings. The number of fused-ring (bicyclic) bond motifs is 1.